The third kappa shape index (κ3) is 2.52. The van der Waals surface area contributed by atoms with E-state index < -0.39 is 0 Å². The summed E-state index contributed by atoms with van der Waals surface area (Å²) in [5.74, 6) is 0. The highest BCUT2D eigenvalue weighted by Crippen LogP contribution is 2.23. The van der Waals surface area contributed by atoms with Gasteiger partial charge in [0.05, 0.1) is 0 Å². The quantitative estimate of drug-likeness (QED) is 0.840. The number of nitrogens with two attached hydrogens (primary N) is 1. The van der Waals surface area contributed by atoms with Gasteiger partial charge in [-0.3, -0.25) is 0 Å². The summed E-state index contributed by atoms with van der Waals surface area (Å²) >= 11 is 0. The molecule has 92 valence electrons. The van der Waals surface area contributed by atoms with Crippen LogP contribution in [0.1, 0.15) is 30.9 Å². The van der Waals surface area contributed by atoms with Gasteiger partial charge in [0.2, 0.25) is 0 Å². The average Bonchev–Trinajstić information content (AvgIpc) is 2.65. The molecule has 2 heteroatoms. The fourth-order valence-electron chi connectivity index (χ4n) is 2.35. The molecular formula is C15H22N2. The smallest absolute Gasteiger partial charge is 0.0485 e. The van der Waals surface area contributed by atoms with E-state index in [9.17, 15) is 0 Å². The molecule has 0 aliphatic rings. The second-order valence-corrected chi connectivity index (χ2v) is 4.76. The first kappa shape index (κ1) is 12.2. The lowest BCUT2D eigenvalue weighted by Crippen LogP contribution is -2.02. The first-order valence-electron chi connectivity index (χ1n) is 6.54. The molecular weight excluding hydrogens is 208 g/mol. The second-order valence-electron chi connectivity index (χ2n) is 4.76. The average molecular weight is 230 g/mol. The minimum atomic E-state index is 0.723. The maximum Gasteiger partial charge on any atom is 0.0485 e. The van der Waals surface area contributed by atoms with Crippen molar-refractivity contribution in [2.45, 2.75) is 39.7 Å². The van der Waals surface area contributed by atoms with Gasteiger partial charge in [-0.25, -0.2) is 0 Å². The molecule has 0 aliphatic heterocycles. The number of hydrogen-bond acceptors (Lipinski definition) is 1. The molecule has 2 nitrogen and oxygen atoms in total. The Hall–Kier alpha value is -1.28. The number of nitrogens with zero attached hydrogens (tertiary/aromatic N) is 1. The van der Waals surface area contributed by atoms with E-state index in [1.165, 1.54) is 34.9 Å². The Morgan fingerprint density at radius 3 is 2.82 bits per heavy atom. The maximum absolute atomic E-state index is 5.68. The predicted octanol–water partition coefficient (Wildman–Crippen LogP) is 3.25. The van der Waals surface area contributed by atoms with Gasteiger partial charge in [-0.15, -0.1) is 0 Å². The summed E-state index contributed by atoms with van der Waals surface area (Å²) in [5, 5.41) is 1.37. The van der Waals surface area contributed by atoms with Crippen LogP contribution in [0.2, 0.25) is 0 Å². The summed E-state index contributed by atoms with van der Waals surface area (Å²) in [6.07, 6.45) is 5.73. The predicted molar refractivity (Wildman–Crippen MR) is 74.3 cm³/mol. The largest absolute Gasteiger partial charge is 0.347 e. The molecule has 1 heterocycles. The van der Waals surface area contributed by atoms with Gasteiger partial charge in [-0.2, -0.15) is 0 Å². The Balaban J connectivity index is 2.46. The van der Waals surface area contributed by atoms with Crippen LogP contribution in [0.4, 0.5) is 0 Å². The van der Waals surface area contributed by atoms with Crippen molar-refractivity contribution in [1.82, 2.24) is 4.57 Å². The number of aromatic nitrogens is 1. The van der Waals surface area contributed by atoms with Crippen molar-refractivity contribution in [3.8, 4) is 0 Å². The highest BCUT2D eigenvalue weighted by molar-refractivity contribution is 5.84. The number of unbranched alkanes of at least 4 members (excludes halogenated alkanes) is 1. The van der Waals surface area contributed by atoms with Gasteiger partial charge in [0.25, 0.3) is 0 Å². The SMILES string of the molecule is CCCCn1cc(CCN)c2ccc(C)cc21. The number of rotatable bonds is 5. The highest BCUT2D eigenvalue weighted by Gasteiger charge is 2.07. The summed E-state index contributed by atoms with van der Waals surface area (Å²) in [7, 11) is 0. The Morgan fingerprint density at radius 2 is 2.12 bits per heavy atom. The summed E-state index contributed by atoms with van der Waals surface area (Å²) < 4.78 is 2.39. The van der Waals surface area contributed by atoms with E-state index in [-0.39, 0.29) is 0 Å². The number of aryl methyl sites for hydroxylation is 2. The summed E-state index contributed by atoms with van der Waals surface area (Å²) in [6, 6.07) is 6.70. The molecule has 17 heavy (non-hydrogen) atoms. The van der Waals surface area contributed by atoms with Crippen molar-refractivity contribution in [1.29, 1.82) is 0 Å². The van der Waals surface area contributed by atoms with Crippen molar-refractivity contribution in [2.24, 2.45) is 5.73 Å². The lowest BCUT2D eigenvalue weighted by molar-refractivity contribution is 0.648. The summed E-state index contributed by atoms with van der Waals surface area (Å²) in [4.78, 5) is 0. The van der Waals surface area contributed by atoms with Gasteiger partial charge < -0.3 is 10.3 Å². The van der Waals surface area contributed by atoms with Crippen LogP contribution in [0.5, 0.6) is 0 Å². The molecule has 0 saturated heterocycles. The minimum absolute atomic E-state index is 0.723. The summed E-state index contributed by atoms with van der Waals surface area (Å²) in [5.41, 5.74) is 9.76. The highest BCUT2D eigenvalue weighted by atomic mass is 15.0. The molecule has 0 aliphatic carbocycles. The van der Waals surface area contributed by atoms with E-state index in [1.54, 1.807) is 0 Å². The van der Waals surface area contributed by atoms with Gasteiger partial charge in [-0.1, -0.05) is 25.5 Å². The summed E-state index contributed by atoms with van der Waals surface area (Å²) in [6.45, 7) is 6.22. The van der Waals surface area contributed by atoms with E-state index in [4.69, 9.17) is 5.73 Å². The molecule has 2 N–H and O–H groups in total. The zero-order chi connectivity index (χ0) is 12.3. The first-order valence-corrected chi connectivity index (χ1v) is 6.54. The Kier molecular flexibility index (Phi) is 3.85. The van der Waals surface area contributed by atoms with Gasteiger partial charge in [0, 0.05) is 23.6 Å². The van der Waals surface area contributed by atoms with Gasteiger partial charge in [-0.05, 0) is 43.5 Å². The number of fused-ring (bicyclic) bond motifs is 1. The van der Waals surface area contributed by atoms with E-state index in [1.807, 2.05) is 0 Å². The molecule has 0 fully saturated rings. The molecule has 0 bridgehead atoms. The van der Waals surface area contributed by atoms with E-state index in [2.05, 4.69) is 42.8 Å². The monoisotopic (exact) mass is 230 g/mol. The van der Waals surface area contributed by atoms with Crippen molar-refractivity contribution in [2.75, 3.05) is 6.54 Å². The van der Waals surface area contributed by atoms with Crippen LogP contribution in [0.15, 0.2) is 24.4 Å². The van der Waals surface area contributed by atoms with Crippen LogP contribution >= 0.6 is 0 Å². The molecule has 0 amide bonds. The zero-order valence-electron chi connectivity index (χ0n) is 10.9. The Labute approximate surface area is 103 Å². The first-order chi connectivity index (χ1) is 8.26. The van der Waals surface area contributed by atoms with Crippen molar-refractivity contribution in [3.63, 3.8) is 0 Å². The van der Waals surface area contributed by atoms with Crippen LogP contribution in [0, 0.1) is 6.92 Å². The fraction of sp³-hybridized carbons (Fsp3) is 0.467. The Bertz CT molecular complexity index is 497. The van der Waals surface area contributed by atoms with E-state index >= 15 is 0 Å². The molecule has 0 saturated carbocycles. The second kappa shape index (κ2) is 5.37. The topological polar surface area (TPSA) is 30.9 Å². The molecule has 1 aromatic heterocycles. The third-order valence-electron chi connectivity index (χ3n) is 3.29. The van der Waals surface area contributed by atoms with Gasteiger partial charge >= 0.3 is 0 Å². The molecule has 2 aromatic rings. The van der Waals surface area contributed by atoms with Crippen LogP contribution in [0.25, 0.3) is 10.9 Å². The van der Waals surface area contributed by atoms with Crippen molar-refractivity contribution < 1.29 is 0 Å². The van der Waals surface area contributed by atoms with Crippen LogP contribution in [0.3, 0.4) is 0 Å². The van der Waals surface area contributed by atoms with Gasteiger partial charge in [0.1, 0.15) is 0 Å². The molecule has 0 unspecified atom stereocenters. The van der Waals surface area contributed by atoms with E-state index in [0.717, 1.165) is 19.5 Å². The van der Waals surface area contributed by atoms with Crippen molar-refractivity contribution in [3.05, 3.63) is 35.5 Å². The molecule has 0 atom stereocenters. The number of benzene rings is 1. The third-order valence-corrected chi connectivity index (χ3v) is 3.29. The zero-order valence-corrected chi connectivity index (χ0v) is 10.9. The van der Waals surface area contributed by atoms with Crippen LogP contribution < -0.4 is 5.73 Å². The molecule has 0 radical (unpaired) electrons. The molecule has 0 spiro atoms. The number of hydrogen-bond donors (Lipinski definition) is 1. The lowest BCUT2D eigenvalue weighted by Gasteiger charge is -2.04. The van der Waals surface area contributed by atoms with Crippen molar-refractivity contribution >= 4 is 10.9 Å². The fourth-order valence-corrected chi connectivity index (χ4v) is 2.35. The van der Waals surface area contributed by atoms with Crippen LogP contribution in [-0.2, 0) is 13.0 Å². The minimum Gasteiger partial charge on any atom is -0.347 e. The maximum atomic E-state index is 5.68. The molecule has 2 rings (SSSR count). The molecule has 1 aromatic carbocycles. The normalized spacial score (nSPS) is 11.2. The standard InChI is InChI=1S/C15H22N2/c1-3-4-9-17-11-13(7-8-16)14-6-5-12(2)10-15(14)17/h5-6,10-11H,3-4,7-9,16H2,1-2H3. The van der Waals surface area contributed by atoms with Gasteiger partial charge in [0.15, 0.2) is 0 Å². The van der Waals surface area contributed by atoms with Crippen LogP contribution in [-0.4, -0.2) is 11.1 Å². The Morgan fingerprint density at radius 1 is 1.29 bits per heavy atom. The lowest BCUT2D eigenvalue weighted by atomic mass is 10.1. The van der Waals surface area contributed by atoms with E-state index in [0.29, 0.717) is 0 Å².